The number of carboxylic acids is 1. The van der Waals surface area contributed by atoms with Crippen LogP contribution in [0.25, 0.3) is 0 Å². The summed E-state index contributed by atoms with van der Waals surface area (Å²) in [5.41, 5.74) is 0. The summed E-state index contributed by atoms with van der Waals surface area (Å²) < 4.78 is 22.9. The van der Waals surface area contributed by atoms with Crippen molar-refractivity contribution in [2.45, 2.75) is 489 Å². The molecule has 0 rings (SSSR count). The van der Waals surface area contributed by atoms with Crippen LogP contribution in [0.2, 0.25) is 0 Å². The van der Waals surface area contributed by atoms with E-state index in [4.69, 9.17) is 18.9 Å². The van der Waals surface area contributed by atoms with E-state index < -0.39 is 24.3 Å². The molecule has 0 aliphatic carbocycles. The van der Waals surface area contributed by atoms with E-state index in [0.717, 1.165) is 44.9 Å². The Bertz CT molecular complexity index is 1680. The molecule has 2 unspecified atom stereocenters. The zero-order valence-electron chi connectivity index (χ0n) is 67.4. The fourth-order valence-corrected chi connectivity index (χ4v) is 13.9. The SMILES string of the molecule is CCCCCCC/C=C\C/C=C\CCCCCCCCCCCCCCCCCCCCCCCCCCCC(=O)OC(COC(=O)CCCCCCCCCCCCCCCCCCCCCCCCCCCCCCCCCCCCCCC)COC(OCC[N+](C)(C)C)C(=O)[O-]. The number of carbonyl (C=O) groups excluding carboxylic acids is 3. The van der Waals surface area contributed by atoms with Gasteiger partial charge in [0.05, 0.1) is 40.3 Å². The lowest BCUT2D eigenvalue weighted by molar-refractivity contribution is -0.870. The quantitative estimate of drug-likeness (QED) is 0.0195. The Hall–Kier alpha value is -2.23. The lowest BCUT2D eigenvalue weighted by Crippen LogP contribution is -2.44. The van der Waals surface area contributed by atoms with Crippen molar-refractivity contribution in [3.63, 3.8) is 0 Å². The standard InChI is InChI=1S/C90H173NO8/c1-6-8-10-12-14-16-18-20-22-24-26-28-30-32-34-36-38-40-42-44-46-48-50-52-54-56-58-60-62-64-66-68-70-72-74-76-78-80-87(92)97-84-86(85-98-90(89(94)95)96-83-82-91(3,4)5)99-88(93)81-79-77-75-73-71-69-67-65-63-61-59-57-55-53-51-49-47-45-43-41-39-37-35-33-31-29-27-25-23-21-19-17-15-13-11-9-7-2/h19,21,25,27,86,90H,6-18,20,22-24,26,28-85H2,1-5H3/b21-19-,27-25-. The summed E-state index contributed by atoms with van der Waals surface area (Å²) >= 11 is 0. The zero-order valence-corrected chi connectivity index (χ0v) is 67.4. The number of hydrogen-bond acceptors (Lipinski definition) is 8. The molecule has 0 heterocycles. The number of likely N-dealkylation sites (N-methyl/N-ethyl adjacent to an activating group) is 1. The van der Waals surface area contributed by atoms with Crippen LogP contribution in [0.3, 0.4) is 0 Å². The van der Waals surface area contributed by atoms with Gasteiger partial charge in [0.25, 0.3) is 0 Å². The highest BCUT2D eigenvalue weighted by atomic mass is 16.7. The van der Waals surface area contributed by atoms with Gasteiger partial charge in [-0.3, -0.25) is 9.59 Å². The van der Waals surface area contributed by atoms with Crippen LogP contribution in [-0.2, 0) is 33.3 Å². The van der Waals surface area contributed by atoms with Crippen molar-refractivity contribution >= 4 is 17.9 Å². The fraction of sp³-hybridized carbons (Fsp3) is 0.922. The van der Waals surface area contributed by atoms with E-state index in [1.165, 1.54) is 405 Å². The smallest absolute Gasteiger partial charge is 0.306 e. The van der Waals surface area contributed by atoms with Crippen LogP contribution < -0.4 is 5.11 Å². The highest BCUT2D eigenvalue weighted by molar-refractivity contribution is 5.70. The number of unbranched alkanes of at least 4 members (excludes halogenated alkanes) is 66. The van der Waals surface area contributed by atoms with Gasteiger partial charge in [-0.05, 0) is 44.9 Å². The van der Waals surface area contributed by atoms with Gasteiger partial charge in [0.15, 0.2) is 12.4 Å². The third kappa shape index (κ3) is 82.9. The van der Waals surface area contributed by atoms with E-state index in [1.54, 1.807) is 0 Å². The Kier molecular flexibility index (Phi) is 79.6. The van der Waals surface area contributed by atoms with Gasteiger partial charge < -0.3 is 33.3 Å². The number of aliphatic carboxylic acids is 1. The number of carboxylic acid groups (broad SMARTS) is 1. The number of carbonyl (C=O) groups is 3. The average Bonchev–Trinajstić information content (AvgIpc) is 2.19. The molecule has 0 bridgehead atoms. The Labute approximate surface area is 618 Å². The molecule has 0 aliphatic rings. The summed E-state index contributed by atoms with van der Waals surface area (Å²) in [6.07, 6.45) is 102. The molecular formula is C90H173NO8. The van der Waals surface area contributed by atoms with Gasteiger partial charge in [0.2, 0.25) is 0 Å². The molecule has 9 heteroatoms. The van der Waals surface area contributed by atoms with Crippen molar-refractivity contribution in [1.82, 2.24) is 0 Å². The van der Waals surface area contributed by atoms with E-state index >= 15 is 0 Å². The summed E-state index contributed by atoms with van der Waals surface area (Å²) in [5, 5.41) is 11.9. The van der Waals surface area contributed by atoms with Crippen molar-refractivity contribution in [3.05, 3.63) is 24.3 Å². The molecule has 0 spiro atoms. The van der Waals surface area contributed by atoms with E-state index in [0.29, 0.717) is 17.4 Å². The predicted molar refractivity (Wildman–Crippen MR) is 426 cm³/mol. The first kappa shape index (κ1) is 96.8. The van der Waals surface area contributed by atoms with Crippen LogP contribution in [0, 0.1) is 0 Å². The molecule has 0 aromatic carbocycles. The van der Waals surface area contributed by atoms with E-state index in [2.05, 4.69) is 38.2 Å². The molecule has 0 aliphatic heterocycles. The lowest BCUT2D eigenvalue weighted by Gasteiger charge is -2.26. The third-order valence-electron chi connectivity index (χ3n) is 20.7. The normalized spacial score (nSPS) is 12.6. The highest BCUT2D eigenvalue weighted by Gasteiger charge is 2.22. The molecule has 0 fully saturated rings. The lowest BCUT2D eigenvalue weighted by atomic mass is 10.0. The van der Waals surface area contributed by atoms with Gasteiger partial charge in [-0.2, -0.15) is 0 Å². The van der Waals surface area contributed by atoms with Crippen LogP contribution in [0.4, 0.5) is 0 Å². The van der Waals surface area contributed by atoms with Gasteiger partial charge in [0.1, 0.15) is 13.2 Å². The van der Waals surface area contributed by atoms with Crippen LogP contribution in [0.15, 0.2) is 24.3 Å². The third-order valence-corrected chi connectivity index (χ3v) is 20.7. The van der Waals surface area contributed by atoms with Crippen LogP contribution >= 0.6 is 0 Å². The molecule has 0 amide bonds. The summed E-state index contributed by atoms with van der Waals surface area (Å²) in [5.74, 6) is -2.24. The molecule has 0 aromatic rings. The number of quaternary nitrogens is 1. The van der Waals surface area contributed by atoms with Crippen molar-refractivity contribution in [2.75, 3.05) is 47.5 Å². The number of ether oxygens (including phenoxy) is 4. The first-order valence-electron chi connectivity index (χ1n) is 44.5. The zero-order chi connectivity index (χ0) is 71.8. The summed E-state index contributed by atoms with van der Waals surface area (Å²) in [7, 11) is 5.96. The molecule has 0 saturated heterocycles. The number of esters is 2. The molecular weight excluding hydrogens is 1220 g/mol. The Morgan fingerprint density at radius 3 is 0.798 bits per heavy atom. The van der Waals surface area contributed by atoms with Crippen molar-refractivity contribution < 1.29 is 42.9 Å². The fourth-order valence-electron chi connectivity index (χ4n) is 13.9. The highest BCUT2D eigenvalue weighted by Crippen LogP contribution is 2.21. The predicted octanol–water partition coefficient (Wildman–Crippen LogP) is 27.5. The van der Waals surface area contributed by atoms with Crippen molar-refractivity contribution in [1.29, 1.82) is 0 Å². The van der Waals surface area contributed by atoms with Crippen molar-refractivity contribution in [3.8, 4) is 0 Å². The van der Waals surface area contributed by atoms with Crippen molar-refractivity contribution in [2.24, 2.45) is 0 Å². The Morgan fingerprint density at radius 1 is 0.303 bits per heavy atom. The van der Waals surface area contributed by atoms with E-state index in [9.17, 15) is 19.5 Å². The number of rotatable bonds is 85. The van der Waals surface area contributed by atoms with Gasteiger partial charge in [0, 0.05) is 12.8 Å². The second kappa shape index (κ2) is 81.4. The summed E-state index contributed by atoms with van der Waals surface area (Å²) in [6.45, 7) is 4.84. The number of hydrogen-bond donors (Lipinski definition) is 0. The molecule has 99 heavy (non-hydrogen) atoms. The van der Waals surface area contributed by atoms with Crippen LogP contribution in [0.1, 0.15) is 476 Å². The number of allylic oxidation sites excluding steroid dienone is 4. The maximum atomic E-state index is 13.0. The second-order valence-corrected chi connectivity index (χ2v) is 31.9. The topological polar surface area (TPSA) is 111 Å². The first-order chi connectivity index (χ1) is 48.6. The minimum absolute atomic E-state index is 0.153. The average molecular weight is 1400 g/mol. The molecule has 0 aromatic heterocycles. The maximum Gasteiger partial charge on any atom is 0.306 e. The summed E-state index contributed by atoms with van der Waals surface area (Å²) in [6, 6.07) is 0. The number of nitrogens with zero attached hydrogens (tertiary/aromatic N) is 1. The van der Waals surface area contributed by atoms with E-state index in [1.807, 2.05) is 21.1 Å². The maximum absolute atomic E-state index is 13.0. The molecule has 0 radical (unpaired) electrons. The van der Waals surface area contributed by atoms with Crippen LogP contribution in [0.5, 0.6) is 0 Å². The minimum Gasteiger partial charge on any atom is -0.545 e. The van der Waals surface area contributed by atoms with Gasteiger partial charge in [-0.1, -0.05) is 443 Å². The molecule has 2 atom stereocenters. The summed E-state index contributed by atoms with van der Waals surface area (Å²) in [4.78, 5) is 37.7. The molecule has 586 valence electrons. The Morgan fingerprint density at radius 2 is 0.545 bits per heavy atom. The first-order valence-corrected chi connectivity index (χ1v) is 44.5. The largest absolute Gasteiger partial charge is 0.545 e. The molecule has 0 N–H and O–H groups in total. The monoisotopic (exact) mass is 1400 g/mol. The second-order valence-electron chi connectivity index (χ2n) is 31.9. The Balaban J connectivity index is 3.89. The molecule has 0 saturated carbocycles. The van der Waals surface area contributed by atoms with Gasteiger partial charge in [-0.15, -0.1) is 0 Å². The van der Waals surface area contributed by atoms with E-state index in [-0.39, 0.29) is 32.2 Å². The van der Waals surface area contributed by atoms with Gasteiger partial charge in [-0.25, -0.2) is 0 Å². The minimum atomic E-state index is -1.62. The van der Waals surface area contributed by atoms with Crippen LogP contribution in [-0.4, -0.2) is 82.3 Å². The molecule has 9 nitrogen and oxygen atoms in total. The van der Waals surface area contributed by atoms with Gasteiger partial charge >= 0.3 is 11.9 Å².